The first-order chi connectivity index (χ1) is 7.81. The molecule has 1 aromatic carbocycles. The second kappa shape index (κ2) is 6.90. The lowest BCUT2D eigenvalue weighted by Crippen LogP contribution is -2.03. The van der Waals surface area contributed by atoms with Crippen molar-refractivity contribution in [1.29, 1.82) is 0 Å². The second-order valence-electron chi connectivity index (χ2n) is 3.30. The number of hydrogen-bond donors (Lipinski definition) is 1. The minimum atomic E-state index is 0.639. The molecule has 0 unspecified atom stereocenters. The van der Waals surface area contributed by atoms with E-state index in [-0.39, 0.29) is 0 Å². The van der Waals surface area contributed by atoms with Crippen LogP contribution in [0.5, 0.6) is 11.5 Å². The van der Waals surface area contributed by atoms with Gasteiger partial charge in [-0.2, -0.15) is 0 Å². The lowest BCUT2D eigenvalue weighted by molar-refractivity contribution is 0.311. The number of rotatable bonds is 6. The summed E-state index contributed by atoms with van der Waals surface area (Å²) < 4.78 is 10.7. The lowest BCUT2D eigenvalue weighted by atomic mass is 10.2. The molecule has 1 aromatic rings. The number of hydrogen-bond acceptors (Lipinski definition) is 3. The van der Waals surface area contributed by atoms with Crippen molar-refractivity contribution in [3.63, 3.8) is 0 Å². The molecular formula is C13H19NO2. The van der Waals surface area contributed by atoms with Gasteiger partial charge in [-0.25, -0.2) is 0 Å². The molecule has 0 aliphatic heterocycles. The minimum absolute atomic E-state index is 0.639. The Hall–Kier alpha value is -1.48. The number of methoxy groups -OCH3 is 1. The molecule has 0 saturated carbocycles. The highest BCUT2D eigenvalue weighted by atomic mass is 16.5. The number of likely N-dealkylation sites (N-methyl/N-ethyl adjacent to an activating group) is 1. The van der Waals surface area contributed by atoms with E-state index in [1.165, 1.54) is 0 Å². The summed E-state index contributed by atoms with van der Waals surface area (Å²) >= 11 is 0. The van der Waals surface area contributed by atoms with E-state index in [4.69, 9.17) is 9.47 Å². The molecule has 0 aliphatic rings. The van der Waals surface area contributed by atoms with Gasteiger partial charge in [0.25, 0.3) is 0 Å². The molecule has 0 spiro atoms. The van der Waals surface area contributed by atoms with Crippen molar-refractivity contribution in [3.8, 4) is 11.5 Å². The first kappa shape index (κ1) is 12.6. The highest BCUT2D eigenvalue weighted by Gasteiger charge is 2.03. The monoisotopic (exact) mass is 221 g/mol. The molecule has 1 rings (SSSR count). The van der Waals surface area contributed by atoms with Crippen molar-refractivity contribution < 1.29 is 9.47 Å². The number of benzene rings is 1. The zero-order valence-corrected chi connectivity index (χ0v) is 10.1. The van der Waals surface area contributed by atoms with E-state index in [0.29, 0.717) is 6.61 Å². The Kier molecular flexibility index (Phi) is 5.43. The average molecular weight is 221 g/mol. The topological polar surface area (TPSA) is 30.5 Å². The molecule has 0 amide bonds. The van der Waals surface area contributed by atoms with Gasteiger partial charge >= 0.3 is 0 Å². The molecule has 3 nitrogen and oxygen atoms in total. The van der Waals surface area contributed by atoms with E-state index in [2.05, 4.69) is 17.5 Å². The Morgan fingerprint density at radius 2 is 2.12 bits per heavy atom. The molecular weight excluding hydrogens is 202 g/mol. The largest absolute Gasteiger partial charge is 0.493 e. The Labute approximate surface area is 97.1 Å². The standard InChI is InChI=1S/C13H19NO2/c1-4-16-13-10-11(6-5-9-14-2)7-8-12(13)15-3/h5-8,10,14H,4,9H2,1-3H3. The molecule has 1 N–H and O–H groups in total. The van der Waals surface area contributed by atoms with Crippen molar-refractivity contribution in [1.82, 2.24) is 5.32 Å². The molecule has 0 heterocycles. The summed E-state index contributed by atoms with van der Waals surface area (Å²) in [6.07, 6.45) is 4.12. The molecule has 0 saturated heterocycles. The summed E-state index contributed by atoms with van der Waals surface area (Å²) in [6, 6.07) is 5.91. The van der Waals surface area contributed by atoms with Gasteiger partial charge in [0.2, 0.25) is 0 Å². The van der Waals surface area contributed by atoms with Crippen LogP contribution in [0.4, 0.5) is 0 Å². The molecule has 0 aliphatic carbocycles. The summed E-state index contributed by atoms with van der Waals surface area (Å²) in [5, 5.41) is 3.06. The maximum atomic E-state index is 5.50. The summed E-state index contributed by atoms with van der Waals surface area (Å²) in [6.45, 7) is 3.46. The van der Waals surface area contributed by atoms with Crippen LogP contribution in [0.2, 0.25) is 0 Å². The van der Waals surface area contributed by atoms with Crippen LogP contribution in [0.3, 0.4) is 0 Å². The summed E-state index contributed by atoms with van der Waals surface area (Å²) in [5.41, 5.74) is 1.11. The van der Waals surface area contributed by atoms with E-state index in [1.807, 2.05) is 32.2 Å². The second-order valence-corrected chi connectivity index (χ2v) is 3.30. The number of nitrogens with one attached hydrogen (secondary N) is 1. The molecule has 16 heavy (non-hydrogen) atoms. The van der Waals surface area contributed by atoms with Gasteiger partial charge in [0.1, 0.15) is 0 Å². The lowest BCUT2D eigenvalue weighted by Gasteiger charge is -2.09. The van der Waals surface area contributed by atoms with Crippen molar-refractivity contribution in [2.45, 2.75) is 6.92 Å². The van der Waals surface area contributed by atoms with Gasteiger partial charge in [-0.1, -0.05) is 18.2 Å². The first-order valence-corrected chi connectivity index (χ1v) is 5.43. The fraction of sp³-hybridized carbons (Fsp3) is 0.385. The van der Waals surface area contributed by atoms with E-state index in [0.717, 1.165) is 23.6 Å². The molecule has 0 aromatic heterocycles. The van der Waals surface area contributed by atoms with Gasteiger partial charge in [0.05, 0.1) is 13.7 Å². The molecule has 0 radical (unpaired) electrons. The van der Waals surface area contributed by atoms with E-state index >= 15 is 0 Å². The third kappa shape index (κ3) is 3.59. The van der Waals surface area contributed by atoms with Gasteiger partial charge in [0.15, 0.2) is 11.5 Å². The Morgan fingerprint density at radius 1 is 1.31 bits per heavy atom. The summed E-state index contributed by atoms with van der Waals surface area (Å²) in [4.78, 5) is 0. The Balaban J connectivity index is 2.84. The van der Waals surface area contributed by atoms with Crippen LogP contribution < -0.4 is 14.8 Å². The van der Waals surface area contributed by atoms with E-state index in [9.17, 15) is 0 Å². The zero-order chi connectivity index (χ0) is 11.8. The average Bonchev–Trinajstić information content (AvgIpc) is 2.30. The van der Waals surface area contributed by atoms with Gasteiger partial charge in [0, 0.05) is 6.54 Å². The normalized spacial score (nSPS) is 10.7. The highest BCUT2D eigenvalue weighted by Crippen LogP contribution is 2.28. The van der Waals surface area contributed by atoms with E-state index in [1.54, 1.807) is 7.11 Å². The molecule has 3 heteroatoms. The van der Waals surface area contributed by atoms with Crippen LogP contribution >= 0.6 is 0 Å². The quantitative estimate of drug-likeness (QED) is 0.799. The van der Waals surface area contributed by atoms with Crippen molar-refractivity contribution in [2.75, 3.05) is 27.3 Å². The number of ether oxygens (including phenoxy) is 2. The third-order valence-corrected chi connectivity index (χ3v) is 2.12. The summed E-state index contributed by atoms with van der Waals surface area (Å²) in [5.74, 6) is 1.56. The van der Waals surface area contributed by atoms with Crippen molar-refractivity contribution in [3.05, 3.63) is 29.8 Å². The molecule has 0 bridgehead atoms. The van der Waals surface area contributed by atoms with Crippen molar-refractivity contribution >= 4 is 6.08 Å². The van der Waals surface area contributed by atoms with Crippen LogP contribution in [0.25, 0.3) is 6.08 Å². The van der Waals surface area contributed by atoms with Gasteiger partial charge in [-0.05, 0) is 31.7 Å². The van der Waals surface area contributed by atoms with Crippen molar-refractivity contribution in [2.24, 2.45) is 0 Å². The van der Waals surface area contributed by atoms with E-state index < -0.39 is 0 Å². The smallest absolute Gasteiger partial charge is 0.161 e. The minimum Gasteiger partial charge on any atom is -0.493 e. The molecule has 0 atom stereocenters. The zero-order valence-electron chi connectivity index (χ0n) is 10.1. The van der Waals surface area contributed by atoms with Crippen LogP contribution in [-0.2, 0) is 0 Å². The Bertz CT molecular complexity index is 348. The summed E-state index contributed by atoms with van der Waals surface area (Å²) in [7, 11) is 3.57. The highest BCUT2D eigenvalue weighted by molar-refractivity contribution is 5.55. The molecule has 88 valence electrons. The Morgan fingerprint density at radius 3 is 2.75 bits per heavy atom. The van der Waals surface area contributed by atoms with Gasteiger partial charge in [-0.15, -0.1) is 0 Å². The fourth-order valence-corrected chi connectivity index (χ4v) is 1.38. The maximum absolute atomic E-state index is 5.50. The predicted molar refractivity (Wildman–Crippen MR) is 67.1 cm³/mol. The third-order valence-electron chi connectivity index (χ3n) is 2.12. The van der Waals surface area contributed by atoms with Crippen LogP contribution in [0, 0.1) is 0 Å². The molecule has 0 fully saturated rings. The van der Waals surface area contributed by atoms with Crippen LogP contribution in [0.1, 0.15) is 12.5 Å². The van der Waals surface area contributed by atoms with Crippen LogP contribution in [0.15, 0.2) is 24.3 Å². The van der Waals surface area contributed by atoms with Crippen LogP contribution in [-0.4, -0.2) is 27.3 Å². The maximum Gasteiger partial charge on any atom is 0.161 e. The SMILES string of the molecule is CCOc1cc(C=CCNC)ccc1OC. The fourth-order valence-electron chi connectivity index (χ4n) is 1.38. The predicted octanol–water partition coefficient (Wildman–Crippen LogP) is 2.33. The first-order valence-electron chi connectivity index (χ1n) is 5.43. The van der Waals surface area contributed by atoms with Gasteiger partial charge < -0.3 is 14.8 Å². The van der Waals surface area contributed by atoms with Gasteiger partial charge in [-0.3, -0.25) is 0 Å².